The molecule has 1 N–H and O–H groups in total. The first-order valence-corrected chi connectivity index (χ1v) is 9.21. The first-order valence-electron chi connectivity index (χ1n) is 8.40. The van der Waals surface area contributed by atoms with Crippen molar-refractivity contribution in [3.05, 3.63) is 51.7 Å². The van der Waals surface area contributed by atoms with E-state index in [0.717, 1.165) is 42.5 Å². The molecule has 0 saturated carbocycles. The Bertz CT molecular complexity index is 800. The van der Waals surface area contributed by atoms with E-state index in [9.17, 15) is 14.0 Å². The highest BCUT2D eigenvalue weighted by molar-refractivity contribution is 7.17. The van der Waals surface area contributed by atoms with Gasteiger partial charge in [0.2, 0.25) is 0 Å². The van der Waals surface area contributed by atoms with E-state index in [-0.39, 0.29) is 5.56 Å². The van der Waals surface area contributed by atoms with Gasteiger partial charge in [0, 0.05) is 10.4 Å². The average Bonchev–Trinajstić information content (AvgIpc) is 2.90. The lowest BCUT2D eigenvalue weighted by Gasteiger charge is -2.11. The topological polar surface area (TPSA) is 55.4 Å². The number of nitrogens with one attached hydrogen (secondary N) is 1. The van der Waals surface area contributed by atoms with Crippen molar-refractivity contribution in [2.75, 3.05) is 12.4 Å². The molecule has 4 nitrogen and oxygen atoms in total. The number of hydrogen-bond acceptors (Lipinski definition) is 4. The van der Waals surface area contributed by atoms with Gasteiger partial charge < -0.3 is 10.1 Å². The first-order chi connectivity index (χ1) is 12.1. The number of esters is 1. The lowest BCUT2D eigenvalue weighted by Crippen LogP contribution is -2.15. The maximum atomic E-state index is 13.4. The summed E-state index contributed by atoms with van der Waals surface area (Å²) in [5.74, 6) is -1.34. The molecule has 1 aliphatic rings. The fourth-order valence-corrected chi connectivity index (χ4v) is 4.40. The predicted octanol–water partition coefficient (Wildman–Crippen LogP) is 4.59. The Balaban J connectivity index is 1.95. The number of carbonyl (C=O) groups excluding carboxylic acids is 2. The zero-order chi connectivity index (χ0) is 17.8. The largest absolute Gasteiger partial charge is 0.465 e. The monoisotopic (exact) mass is 361 g/mol. The standard InChI is InChI=1S/C19H20FNO3S/c1-24-19(23)16-14-9-4-2-3-5-10-15(14)25-18(16)21-17(22)12-7-6-8-13(20)11-12/h6-8,11H,2-5,9-10H2,1H3,(H,21,22). The first kappa shape index (κ1) is 17.6. The lowest BCUT2D eigenvalue weighted by molar-refractivity contribution is 0.0601. The van der Waals surface area contributed by atoms with Gasteiger partial charge in [-0.2, -0.15) is 0 Å². The summed E-state index contributed by atoms with van der Waals surface area (Å²) in [6.45, 7) is 0. The van der Waals surface area contributed by atoms with Crippen molar-refractivity contribution in [2.24, 2.45) is 0 Å². The van der Waals surface area contributed by atoms with Crippen LogP contribution in [0.2, 0.25) is 0 Å². The van der Waals surface area contributed by atoms with Gasteiger partial charge in [-0.05, 0) is 49.4 Å². The summed E-state index contributed by atoms with van der Waals surface area (Å²) in [6.07, 6.45) is 6.12. The third kappa shape index (κ3) is 3.90. The Morgan fingerprint density at radius 3 is 2.64 bits per heavy atom. The number of amides is 1. The van der Waals surface area contributed by atoms with Crippen LogP contribution in [0.25, 0.3) is 0 Å². The average molecular weight is 361 g/mol. The third-order valence-corrected chi connectivity index (χ3v) is 5.58. The predicted molar refractivity (Wildman–Crippen MR) is 95.9 cm³/mol. The number of rotatable bonds is 3. The number of methoxy groups -OCH3 is 1. The van der Waals surface area contributed by atoms with Crippen molar-refractivity contribution in [2.45, 2.75) is 38.5 Å². The number of ether oxygens (including phenoxy) is 1. The second-order valence-electron chi connectivity index (χ2n) is 6.08. The SMILES string of the molecule is COC(=O)c1c(NC(=O)c2cccc(F)c2)sc2c1CCCCCC2. The molecule has 132 valence electrons. The zero-order valence-corrected chi connectivity index (χ0v) is 14.9. The molecule has 0 unspecified atom stereocenters. The molecule has 0 atom stereocenters. The second kappa shape index (κ2) is 7.78. The Hall–Kier alpha value is -2.21. The number of carbonyl (C=O) groups is 2. The molecule has 1 heterocycles. The number of hydrogen-bond donors (Lipinski definition) is 1. The van der Waals surface area contributed by atoms with E-state index < -0.39 is 17.7 Å². The summed E-state index contributed by atoms with van der Waals surface area (Å²) < 4.78 is 18.3. The number of benzene rings is 1. The fraction of sp³-hybridized carbons (Fsp3) is 0.368. The zero-order valence-electron chi connectivity index (χ0n) is 14.1. The number of fused-ring (bicyclic) bond motifs is 1. The molecule has 6 heteroatoms. The number of aryl methyl sites for hydroxylation is 1. The number of thiophene rings is 1. The van der Waals surface area contributed by atoms with Gasteiger partial charge in [0.15, 0.2) is 0 Å². The summed E-state index contributed by atoms with van der Waals surface area (Å²) in [4.78, 5) is 25.9. The maximum Gasteiger partial charge on any atom is 0.341 e. The maximum absolute atomic E-state index is 13.4. The van der Waals surface area contributed by atoms with Gasteiger partial charge in [-0.25, -0.2) is 9.18 Å². The van der Waals surface area contributed by atoms with Crippen LogP contribution in [0.1, 0.15) is 56.8 Å². The van der Waals surface area contributed by atoms with Gasteiger partial charge in [0.05, 0.1) is 12.7 Å². The smallest absolute Gasteiger partial charge is 0.341 e. The highest BCUT2D eigenvalue weighted by atomic mass is 32.1. The van der Waals surface area contributed by atoms with E-state index in [0.29, 0.717) is 10.6 Å². The van der Waals surface area contributed by atoms with Crippen LogP contribution in [0.3, 0.4) is 0 Å². The van der Waals surface area contributed by atoms with Crippen molar-refractivity contribution in [3.63, 3.8) is 0 Å². The lowest BCUT2D eigenvalue weighted by atomic mass is 9.96. The molecular weight excluding hydrogens is 341 g/mol. The van der Waals surface area contributed by atoms with Crippen LogP contribution in [-0.4, -0.2) is 19.0 Å². The van der Waals surface area contributed by atoms with Crippen LogP contribution in [0.5, 0.6) is 0 Å². The highest BCUT2D eigenvalue weighted by Crippen LogP contribution is 2.37. The van der Waals surface area contributed by atoms with Gasteiger partial charge in [-0.15, -0.1) is 11.3 Å². The molecule has 1 amide bonds. The van der Waals surface area contributed by atoms with Crippen LogP contribution in [-0.2, 0) is 17.6 Å². The Labute approximate surface area is 150 Å². The van der Waals surface area contributed by atoms with Crippen molar-refractivity contribution < 1.29 is 18.7 Å². The second-order valence-corrected chi connectivity index (χ2v) is 7.18. The van der Waals surface area contributed by atoms with E-state index >= 15 is 0 Å². The molecule has 0 spiro atoms. The summed E-state index contributed by atoms with van der Waals surface area (Å²) in [5.41, 5.74) is 1.66. The molecular formula is C19H20FNO3S. The van der Waals surface area contributed by atoms with Gasteiger partial charge in [-0.1, -0.05) is 18.9 Å². The Kier molecular flexibility index (Phi) is 5.48. The van der Waals surface area contributed by atoms with Crippen molar-refractivity contribution in [1.29, 1.82) is 0 Å². The fourth-order valence-electron chi connectivity index (χ4n) is 3.13. The molecule has 3 rings (SSSR count). The summed E-state index contributed by atoms with van der Waals surface area (Å²) in [7, 11) is 1.34. The minimum atomic E-state index is -0.473. The van der Waals surface area contributed by atoms with Gasteiger partial charge in [0.25, 0.3) is 5.91 Å². The summed E-state index contributed by atoms with van der Waals surface area (Å²) in [5, 5.41) is 3.27. The minimum absolute atomic E-state index is 0.219. The molecule has 1 aliphatic carbocycles. The van der Waals surface area contributed by atoms with Crippen LogP contribution in [0, 0.1) is 5.82 Å². The van der Waals surface area contributed by atoms with Crippen LogP contribution in [0.4, 0.5) is 9.39 Å². The van der Waals surface area contributed by atoms with E-state index in [2.05, 4.69) is 5.32 Å². The van der Waals surface area contributed by atoms with Crippen LogP contribution >= 0.6 is 11.3 Å². The van der Waals surface area contributed by atoms with E-state index in [4.69, 9.17) is 4.74 Å². The molecule has 25 heavy (non-hydrogen) atoms. The Morgan fingerprint density at radius 1 is 1.16 bits per heavy atom. The van der Waals surface area contributed by atoms with Crippen molar-refractivity contribution in [3.8, 4) is 0 Å². The van der Waals surface area contributed by atoms with E-state index in [1.807, 2.05) is 0 Å². The Morgan fingerprint density at radius 2 is 1.92 bits per heavy atom. The molecule has 0 aliphatic heterocycles. The molecule has 0 radical (unpaired) electrons. The molecule has 0 bridgehead atoms. The summed E-state index contributed by atoms with van der Waals surface area (Å²) >= 11 is 1.43. The minimum Gasteiger partial charge on any atom is -0.465 e. The van der Waals surface area contributed by atoms with E-state index in [1.54, 1.807) is 6.07 Å². The molecule has 2 aromatic rings. The van der Waals surface area contributed by atoms with Crippen LogP contribution < -0.4 is 5.32 Å². The normalized spacial score (nSPS) is 14.2. The number of halogens is 1. The summed E-state index contributed by atoms with van der Waals surface area (Å²) in [6, 6.07) is 5.49. The molecule has 1 aromatic carbocycles. The van der Waals surface area contributed by atoms with Crippen molar-refractivity contribution >= 4 is 28.2 Å². The number of anilines is 1. The highest BCUT2D eigenvalue weighted by Gasteiger charge is 2.26. The van der Waals surface area contributed by atoms with E-state index in [1.165, 1.54) is 43.1 Å². The molecule has 0 fully saturated rings. The van der Waals surface area contributed by atoms with Crippen LogP contribution in [0.15, 0.2) is 24.3 Å². The van der Waals surface area contributed by atoms with Gasteiger partial charge in [0.1, 0.15) is 10.8 Å². The molecule has 0 saturated heterocycles. The van der Waals surface area contributed by atoms with Crippen molar-refractivity contribution in [1.82, 2.24) is 0 Å². The molecule has 1 aromatic heterocycles. The quantitative estimate of drug-likeness (QED) is 0.814. The third-order valence-electron chi connectivity index (χ3n) is 4.37. The van der Waals surface area contributed by atoms with Gasteiger partial charge >= 0.3 is 5.97 Å². The van der Waals surface area contributed by atoms with Gasteiger partial charge in [-0.3, -0.25) is 4.79 Å².